The molecular weight excluding hydrogens is 348 g/mol. The van der Waals surface area contributed by atoms with E-state index in [1.807, 2.05) is 51.1 Å². The molecule has 1 unspecified atom stereocenters. The van der Waals surface area contributed by atoms with Crippen molar-refractivity contribution in [2.75, 3.05) is 0 Å². The second-order valence-electron chi connectivity index (χ2n) is 6.99. The maximum Gasteiger partial charge on any atom is 0.338 e. The quantitative estimate of drug-likeness (QED) is 0.755. The van der Waals surface area contributed by atoms with Crippen LogP contribution in [0.2, 0.25) is 0 Å². The summed E-state index contributed by atoms with van der Waals surface area (Å²) >= 11 is 1.22. The molecule has 2 rings (SSSR count). The minimum absolute atomic E-state index is 0.0414. The molecule has 4 nitrogen and oxygen atoms in total. The standard InChI is InChI=1S/C21H24O4S/c1-21(2,3)26-19(23)13-18(22)16-9-11-17(12-10-16)20(24)25-14-15-7-5-4-6-8-15/h4-12,18,22H,13-14H2,1-3H3. The van der Waals surface area contributed by atoms with Gasteiger partial charge in [-0.15, -0.1) is 0 Å². The van der Waals surface area contributed by atoms with Crippen LogP contribution in [0.25, 0.3) is 0 Å². The first kappa shape index (κ1) is 20.2. The summed E-state index contributed by atoms with van der Waals surface area (Å²) in [5, 5.41) is 10.2. The van der Waals surface area contributed by atoms with Gasteiger partial charge in [-0.05, 0) is 23.3 Å². The monoisotopic (exact) mass is 372 g/mol. The topological polar surface area (TPSA) is 63.6 Å². The summed E-state index contributed by atoms with van der Waals surface area (Å²) in [6, 6.07) is 16.0. The number of carbonyl (C=O) groups excluding carboxylic acids is 2. The van der Waals surface area contributed by atoms with E-state index in [0.29, 0.717) is 11.1 Å². The van der Waals surface area contributed by atoms with Crippen molar-refractivity contribution in [3.05, 3.63) is 71.3 Å². The maximum atomic E-state index is 12.1. The summed E-state index contributed by atoms with van der Waals surface area (Å²) in [7, 11) is 0. The van der Waals surface area contributed by atoms with Gasteiger partial charge in [0.1, 0.15) is 6.61 Å². The Morgan fingerprint density at radius 3 is 2.23 bits per heavy atom. The lowest BCUT2D eigenvalue weighted by atomic mass is 10.1. The zero-order valence-electron chi connectivity index (χ0n) is 15.3. The molecule has 5 heteroatoms. The summed E-state index contributed by atoms with van der Waals surface area (Å²) in [4.78, 5) is 24.1. The van der Waals surface area contributed by atoms with Gasteiger partial charge in [0.05, 0.1) is 11.7 Å². The average Bonchev–Trinajstić information content (AvgIpc) is 2.59. The summed E-state index contributed by atoms with van der Waals surface area (Å²) in [5.41, 5.74) is 1.93. The van der Waals surface area contributed by atoms with Gasteiger partial charge in [0.25, 0.3) is 0 Å². The third kappa shape index (κ3) is 6.65. The number of esters is 1. The summed E-state index contributed by atoms with van der Waals surface area (Å²) in [6.45, 7) is 6.08. The first-order chi connectivity index (χ1) is 12.2. The molecule has 2 aromatic rings. The number of carbonyl (C=O) groups is 2. The second kappa shape index (κ2) is 9.01. The number of benzene rings is 2. The van der Waals surface area contributed by atoms with Gasteiger partial charge in [-0.1, -0.05) is 75.0 Å². The van der Waals surface area contributed by atoms with Gasteiger partial charge < -0.3 is 9.84 Å². The first-order valence-corrected chi connectivity index (χ1v) is 9.27. The Morgan fingerprint density at radius 2 is 1.65 bits per heavy atom. The molecule has 0 radical (unpaired) electrons. The van der Waals surface area contributed by atoms with Crippen molar-refractivity contribution in [3.63, 3.8) is 0 Å². The second-order valence-corrected chi connectivity index (χ2v) is 8.87. The third-order valence-electron chi connectivity index (χ3n) is 3.52. The van der Waals surface area contributed by atoms with Gasteiger partial charge in [-0.3, -0.25) is 4.79 Å². The Balaban J connectivity index is 1.90. The van der Waals surface area contributed by atoms with E-state index in [4.69, 9.17) is 4.74 Å². The highest BCUT2D eigenvalue weighted by Crippen LogP contribution is 2.28. The lowest BCUT2D eigenvalue weighted by Crippen LogP contribution is -2.14. The number of aliphatic hydroxyl groups is 1. The van der Waals surface area contributed by atoms with Crippen molar-refractivity contribution < 1.29 is 19.4 Å². The van der Waals surface area contributed by atoms with E-state index in [2.05, 4.69) is 0 Å². The van der Waals surface area contributed by atoms with Crippen LogP contribution in [0.5, 0.6) is 0 Å². The van der Waals surface area contributed by atoms with Gasteiger partial charge in [0.15, 0.2) is 5.12 Å². The Bertz CT molecular complexity index is 733. The molecule has 0 saturated carbocycles. The Hall–Kier alpha value is -2.11. The van der Waals surface area contributed by atoms with Crippen molar-refractivity contribution in [2.45, 2.75) is 44.6 Å². The van der Waals surface area contributed by atoms with Crippen LogP contribution in [-0.2, 0) is 16.1 Å². The highest BCUT2D eigenvalue weighted by atomic mass is 32.2. The van der Waals surface area contributed by atoms with Crippen LogP contribution in [-0.4, -0.2) is 20.9 Å². The van der Waals surface area contributed by atoms with Crippen LogP contribution in [0.15, 0.2) is 54.6 Å². The number of aliphatic hydroxyl groups excluding tert-OH is 1. The molecule has 0 aliphatic heterocycles. The van der Waals surface area contributed by atoms with Crippen LogP contribution in [0.4, 0.5) is 0 Å². The highest BCUT2D eigenvalue weighted by Gasteiger charge is 2.20. The van der Waals surface area contributed by atoms with E-state index < -0.39 is 12.1 Å². The zero-order chi connectivity index (χ0) is 19.2. The van der Waals surface area contributed by atoms with E-state index in [1.165, 1.54) is 11.8 Å². The van der Waals surface area contributed by atoms with Crippen molar-refractivity contribution in [1.82, 2.24) is 0 Å². The smallest absolute Gasteiger partial charge is 0.338 e. The van der Waals surface area contributed by atoms with Gasteiger partial charge in [0, 0.05) is 11.2 Å². The SMILES string of the molecule is CC(C)(C)SC(=O)CC(O)c1ccc(C(=O)OCc2ccccc2)cc1. The van der Waals surface area contributed by atoms with Crippen LogP contribution >= 0.6 is 11.8 Å². The van der Waals surface area contributed by atoms with Crippen molar-refractivity contribution in [2.24, 2.45) is 0 Å². The van der Waals surface area contributed by atoms with Gasteiger partial charge >= 0.3 is 5.97 Å². The molecule has 0 spiro atoms. The zero-order valence-corrected chi connectivity index (χ0v) is 16.1. The van der Waals surface area contributed by atoms with Gasteiger partial charge in [-0.2, -0.15) is 0 Å². The predicted octanol–water partition coefficient (Wildman–Crippen LogP) is 4.53. The van der Waals surface area contributed by atoms with E-state index in [1.54, 1.807) is 24.3 Å². The summed E-state index contributed by atoms with van der Waals surface area (Å²) in [6.07, 6.45) is -0.841. The number of hydrogen-bond donors (Lipinski definition) is 1. The fraction of sp³-hybridized carbons (Fsp3) is 0.333. The molecule has 0 amide bonds. The minimum atomic E-state index is -0.883. The van der Waals surface area contributed by atoms with Crippen molar-refractivity contribution in [3.8, 4) is 0 Å². The molecule has 26 heavy (non-hydrogen) atoms. The predicted molar refractivity (Wildman–Crippen MR) is 104 cm³/mol. The number of thioether (sulfide) groups is 1. The largest absolute Gasteiger partial charge is 0.457 e. The third-order valence-corrected chi connectivity index (χ3v) is 4.53. The van der Waals surface area contributed by atoms with Gasteiger partial charge in [0.2, 0.25) is 0 Å². The molecule has 0 aliphatic rings. The Labute approximate surface area is 158 Å². The molecule has 0 fully saturated rings. The Kier molecular flexibility index (Phi) is 7.00. The normalized spacial score (nSPS) is 12.5. The number of ether oxygens (including phenoxy) is 1. The Morgan fingerprint density at radius 1 is 1.04 bits per heavy atom. The molecule has 0 aliphatic carbocycles. The molecule has 1 atom stereocenters. The van der Waals surface area contributed by atoms with Crippen LogP contribution in [0.1, 0.15) is 54.8 Å². The van der Waals surface area contributed by atoms with E-state index in [9.17, 15) is 14.7 Å². The first-order valence-electron chi connectivity index (χ1n) is 8.45. The van der Waals surface area contributed by atoms with Gasteiger partial charge in [-0.25, -0.2) is 4.79 Å². The minimum Gasteiger partial charge on any atom is -0.457 e. The fourth-order valence-corrected chi connectivity index (χ4v) is 3.23. The average molecular weight is 372 g/mol. The van der Waals surface area contributed by atoms with Crippen molar-refractivity contribution in [1.29, 1.82) is 0 Å². The molecule has 0 aromatic heterocycles. The molecule has 2 aromatic carbocycles. The molecule has 0 bridgehead atoms. The lowest BCUT2D eigenvalue weighted by Gasteiger charge is -2.17. The molecule has 0 heterocycles. The fourth-order valence-electron chi connectivity index (χ4n) is 2.31. The van der Waals surface area contributed by atoms with E-state index in [0.717, 1.165) is 5.56 Å². The molecule has 0 saturated heterocycles. The number of rotatable bonds is 6. The number of hydrogen-bond acceptors (Lipinski definition) is 5. The van der Waals surface area contributed by atoms with Crippen LogP contribution < -0.4 is 0 Å². The van der Waals surface area contributed by atoms with E-state index >= 15 is 0 Å². The van der Waals surface area contributed by atoms with E-state index in [-0.39, 0.29) is 22.9 Å². The molecule has 138 valence electrons. The van der Waals surface area contributed by atoms with Crippen LogP contribution in [0, 0.1) is 0 Å². The van der Waals surface area contributed by atoms with Crippen molar-refractivity contribution >= 4 is 22.8 Å². The molecule has 1 N–H and O–H groups in total. The summed E-state index contributed by atoms with van der Waals surface area (Å²) < 4.78 is 5.10. The molecular formula is C21H24O4S. The highest BCUT2D eigenvalue weighted by molar-refractivity contribution is 8.14. The summed E-state index contributed by atoms with van der Waals surface area (Å²) in [5.74, 6) is -0.422. The maximum absolute atomic E-state index is 12.1. The van der Waals surface area contributed by atoms with Crippen LogP contribution in [0.3, 0.4) is 0 Å². The lowest BCUT2D eigenvalue weighted by molar-refractivity contribution is -0.112.